The maximum atomic E-state index is 12.7. The van der Waals surface area contributed by atoms with Crippen molar-refractivity contribution in [3.63, 3.8) is 0 Å². The van der Waals surface area contributed by atoms with Crippen LogP contribution in [0.4, 0.5) is 0 Å². The number of furan rings is 1. The van der Waals surface area contributed by atoms with Gasteiger partial charge in [-0.05, 0) is 48.0 Å². The Bertz CT molecular complexity index is 941. The van der Waals surface area contributed by atoms with E-state index in [-0.39, 0.29) is 5.91 Å². The number of hydrogen-bond donors (Lipinski definition) is 0. The molecule has 29 heavy (non-hydrogen) atoms. The first kappa shape index (κ1) is 19.2. The summed E-state index contributed by atoms with van der Waals surface area (Å²) in [6, 6.07) is 12.1. The lowest BCUT2D eigenvalue weighted by molar-refractivity contribution is 0.0732. The summed E-state index contributed by atoms with van der Waals surface area (Å²) in [4.78, 5) is 21.0. The molecule has 1 aliphatic heterocycles. The molecule has 0 atom stereocenters. The van der Waals surface area contributed by atoms with Gasteiger partial charge in [0.2, 0.25) is 0 Å². The highest BCUT2D eigenvalue weighted by atomic mass is 16.5. The molecule has 3 aromatic rings. The Kier molecular flexibility index (Phi) is 5.91. The van der Waals surface area contributed by atoms with E-state index in [0.29, 0.717) is 25.3 Å². The monoisotopic (exact) mass is 391 g/mol. The van der Waals surface area contributed by atoms with Crippen molar-refractivity contribution in [2.24, 2.45) is 0 Å². The van der Waals surface area contributed by atoms with Crippen molar-refractivity contribution in [3.8, 4) is 5.75 Å². The fourth-order valence-corrected chi connectivity index (χ4v) is 3.57. The van der Waals surface area contributed by atoms with E-state index in [0.717, 1.165) is 30.9 Å². The number of carbonyl (C=O) groups is 1. The number of amides is 1. The molecule has 1 amide bonds. The fraction of sp³-hybridized carbons (Fsp3) is 0.304. The van der Waals surface area contributed by atoms with Gasteiger partial charge in [0.1, 0.15) is 18.6 Å². The number of nitrogens with zero attached hydrogens (tertiary/aromatic N) is 3. The number of aromatic nitrogens is 1. The predicted octanol–water partition coefficient (Wildman–Crippen LogP) is 3.73. The van der Waals surface area contributed by atoms with E-state index in [4.69, 9.17) is 9.15 Å². The molecular formula is C23H25N3O3. The van der Waals surface area contributed by atoms with E-state index < -0.39 is 0 Å². The highest BCUT2D eigenvalue weighted by molar-refractivity contribution is 5.93. The Morgan fingerprint density at radius 3 is 2.72 bits per heavy atom. The summed E-state index contributed by atoms with van der Waals surface area (Å²) in [7, 11) is 0. The van der Waals surface area contributed by atoms with Crippen molar-refractivity contribution < 1.29 is 13.9 Å². The van der Waals surface area contributed by atoms with Gasteiger partial charge in [-0.3, -0.25) is 14.7 Å². The molecule has 1 aromatic carbocycles. The highest BCUT2D eigenvalue weighted by Crippen LogP contribution is 2.26. The summed E-state index contributed by atoms with van der Waals surface area (Å²) < 4.78 is 11.0. The van der Waals surface area contributed by atoms with E-state index in [1.54, 1.807) is 6.07 Å². The quantitative estimate of drug-likeness (QED) is 0.641. The van der Waals surface area contributed by atoms with Gasteiger partial charge in [-0.25, -0.2) is 0 Å². The van der Waals surface area contributed by atoms with Crippen LogP contribution in [0.5, 0.6) is 5.75 Å². The zero-order valence-corrected chi connectivity index (χ0v) is 16.6. The largest absolute Gasteiger partial charge is 0.491 e. The summed E-state index contributed by atoms with van der Waals surface area (Å²) >= 11 is 0. The van der Waals surface area contributed by atoms with Crippen LogP contribution in [0.15, 0.2) is 65.7 Å². The minimum Gasteiger partial charge on any atom is -0.491 e. The Hall–Kier alpha value is -3.12. The lowest BCUT2D eigenvalue weighted by Gasteiger charge is -2.22. The van der Waals surface area contributed by atoms with E-state index in [2.05, 4.69) is 28.9 Å². The smallest absolute Gasteiger partial charge is 0.257 e. The van der Waals surface area contributed by atoms with Gasteiger partial charge >= 0.3 is 0 Å². The van der Waals surface area contributed by atoms with Gasteiger partial charge in [-0.1, -0.05) is 13.0 Å². The second-order valence-electron chi connectivity index (χ2n) is 7.19. The summed E-state index contributed by atoms with van der Waals surface area (Å²) in [5.41, 5.74) is 4.06. The van der Waals surface area contributed by atoms with E-state index in [1.807, 2.05) is 35.5 Å². The third kappa shape index (κ3) is 4.66. The molecule has 6 nitrogen and oxygen atoms in total. The van der Waals surface area contributed by atoms with Crippen LogP contribution in [0, 0.1) is 0 Å². The molecule has 0 unspecified atom stereocenters. The van der Waals surface area contributed by atoms with Crippen molar-refractivity contribution >= 4 is 5.91 Å². The summed E-state index contributed by atoms with van der Waals surface area (Å²) in [6.45, 7) is 6.39. The number of ether oxygens (including phenoxy) is 1. The average Bonchev–Trinajstić information content (AvgIpc) is 3.20. The van der Waals surface area contributed by atoms with Crippen LogP contribution in [0.1, 0.15) is 34.0 Å². The van der Waals surface area contributed by atoms with Crippen LogP contribution in [-0.4, -0.2) is 40.4 Å². The summed E-state index contributed by atoms with van der Waals surface area (Å²) in [5.74, 6) is 0.821. The summed E-state index contributed by atoms with van der Waals surface area (Å²) in [5, 5.41) is 0. The van der Waals surface area contributed by atoms with Gasteiger partial charge < -0.3 is 14.1 Å². The van der Waals surface area contributed by atoms with Crippen LogP contribution >= 0.6 is 0 Å². The van der Waals surface area contributed by atoms with Crippen LogP contribution in [0.2, 0.25) is 0 Å². The fourth-order valence-electron chi connectivity index (χ4n) is 3.57. The van der Waals surface area contributed by atoms with Gasteiger partial charge in [0.05, 0.1) is 18.4 Å². The molecule has 0 bridgehead atoms. The Morgan fingerprint density at radius 1 is 1.14 bits per heavy atom. The van der Waals surface area contributed by atoms with E-state index in [1.165, 1.54) is 23.7 Å². The second kappa shape index (κ2) is 8.92. The van der Waals surface area contributed by atoms with Crippen LogP contribution in [0.25, 0.3) is 0 Å². The SMILES string of the molecule is CCN(Cc1ccncc1)Cc1ccc2c(c1)CN(C(=O)c1ccoc1)CCO2. The maximum Gasteiger partial charge on any atom is 0.257 e. The van der Waals surface area contributed by atoms with E-state index >= 15 is 0 Å². The van der Waals surface area contributed by atoms with Gasteiger partial charge in [-0.15, -0.1) is 0 Å². The predicted molar refractivity (Wildman–Crippen MR) is 109 cm³/mol. The molecule has 0 radical (unpaired) electrons. The first-order chi connectivity index (χ1) is 14.2. The topological polar surface area (TPSA) is 58.8 Å². The third-order valence-electron chi connectivity index (χ3n) is 5.17. The van der Waals surface area contributed by atoms with E-state index in [9.17, 15) is 4.79 Å². The van der Waals surface area contributed by atoms with Crippen LogP contribution in [0.3, 0.4) is 0 Å². The number of benzene rings is 1. The minimum atomic E-state index is -0.0338. The zero-order chi connectivity index (χ0) is 20.1. The van der Waals surface area contributed by atoms with Gasteiger partial charge in [-0.2, -0.15) is 0 Å². The van der Waals surface area contributed by atoms with Crippen molar-refractivity contribution in [1.29, 1.82) is 0 Å². The molecule has 2 aromatic heterocycles. The average molecular weight is 391 g/mol. The molecule has 1 aliphatic rings. The Balaban J connectivity index is 1.49. The lowest BCUT2D eigenvalue weighted by atomic mass is 10.1. The number of pyridine rings is 1. The highest BCUT2D eigenvalue weighted by Gasteiger charge is 2.22. The molecule has 0 saturated carbocycles. The number of carbonyl (C=O) groups excluding carboxylic acids is 1. The second-order valence-corrected chi connectivity index (χ2v) is 7.19. The molecule has 0 saturated heterocycles. The van der Waals surface area contributed by atoms with Crippen molar-refractivity contribution in [1.82, 2.24) is 14.8 Å². The van der Waals surface area contributed by atoms with Crippen LogP contribution < -0.4 is 4.74 Å². The standard InChI is InChI=1S/C23H25N3O3/c1-2-25(14-18-5-8-24-9-6-18)15-19-3-4-22-21(13-19)16-26(10-12-29-22)23(27)20-7-11-28-17-20/h3-9,11,13,17H,2,10,12,14-16H2,1H3. The normalized spacial score (nSPS) is 13.7. The first-order valence-corrected chi connectivity index (χ1v) is 9.90. The molecule has 4 rings (SSSR count). The molecule has 3 heterocycles. The maximum absolute atomic E-state index is 12.7. The number of hydrogen-bond acceptors (Lipinski definition) is 5. The summed E-state index contributed by atoms with van der Waals surface area (Å²) in [6.07, 6.45) is 6.67. The van der Waals surface area contributed by atoms with Gasteiger partial charge in [0, 0.05) is 37.6 Å². The zero-order valence-electron chi connectivity index (χ0n) is 16.6. The lowest BCUT2D eigenvalue weighted by Crippen LogP contribution is -2.32. The van der Waals surface area contributed by atoms with Gasteiger partial charge in [0.15, 0.2) is 0 Å². The molecule has 0 fully saturated rings. The molecule has 0 spiro atoms. The van der Waals surface area contributed by atoms with Crippen molar-refractivity contribution in [2.45, 2.75) is 26.6 Å². The van der Waals surface area contributed by atoms with Crippen molar-refractivity contribution in [2.75, 3.05) is 19.7 Å². The molecular weight excluding hydrogens is 366 g/mol. The first-order valence-electron chi connectivity index (χ1n) is 9.90. The van der Waals surface area contributed by atoms with Gasteiger partial charge in [0.25, 0.3) is 5.91 Å². The molecule has 0 N–H and O–H groups in total. The van der Waals surface area contributed by atoms with Crippen molar-refractivity contribution in [3.05, 3.63) is 83.6 Å². The minimum absolute atomic E-state index is 0.0338. The Labute approximate surface area is 170 Å². The molecule has 0 aliphatic carbocycles. The Morgan fingerprint density at radius 2 is 1.97 bits per heavy atom. The number of fused-ring (bicyclic) bond motifs is 1. The number of rotatable bonds is 6. The van der Waals surface area contributed by atoms with Crippen LogP contribution in [-0.2, 0) is 19.6 Å². The molecule has 150 valence electrons. The molecule has 6 heteroatoms. The third-order valence-corrected chi connectivity index (χ3v) is 5.17.